The first-order chi connectivity index (χ1) is 13.6. The largest absolute Gasteiger partial charge is 0.494 e. The van der Waals surface area contributed by atoms with Gasteiger partial charge in [0, 0.05) is 18.2 Å². The molecule has 1 aliphatic heterocycles. The van der Waals surface area contributed by atoms with Crippen LogP contribution in [0.15, 0.2) is 72.8 Å². The number of fused-ring (bicyclic) bond motifs is 1. The predicted molar refractivity (Wildman–Crippen MR) is 103 cm³/mol. The summed E-state index contributed by atoms with van der Waals surface area (Å²) in [6.45, 7) is 2.88. The Morgan fingerprint density at radius 2 is 1.89 bits per heavy atom. The molecular formula is C23H19FNO3+. The Balaban J connectivity index is 1.51. The van der Waals surface area contributed by atoms with Crippen molar-refractivity contribution in [1.29, 1.82) is 0 Å². The lowest BCUT2D eigenvalue weighted by molar-refractivity contribution is -0.688. The van der Waals surface area contributed by atoms with Gasteiger partial charge in [0.2, 0.25) is 5.78 Å². The van der Waals surface area contributed by atoms with Gasteiger partial charge in [0.15, 0.2) is 24.7 Å². The molecule has 0 unspecified atom stereocenters. The molecule has 4 nitrogen and oxygen atoms in total. The summed E-state index contributed by atoms with van der Waals surface area (Å²) in [5.74, 6) is 1.07. The number of benzene rings is 2. The highest BCUT2D eigenvalue weighted by Crippen LogP contribution is 2.34. The number of carbonyl (C=O) groups excluding carboxylic acids is 1. The van der Waals surface area contributed by atoms with Crippen molar-refractivity contribution >= 4 is 11.9 Å². The number of nitrogens with zero attached hydrogens (tertiary/aromatic N) is 1. The summed E-state index contributed by atoms with van der Waals surface area (Å²) in [5.41, 5.74) is 1.97. The quantitative estimate of drug-likeness (QED) is 0.495. The number of hydrogen-bond donors (Lipinski definition) is 0. The summed E-state index contributed by atoms with van der Waals surface area (Å²) in [5, 5.41) is 0. The van der Waals surface area contributed by atoms with E-state index < -0.39 is 0 Å². The second-order valence-corrected chi connectivity index (χ2v) is 6.43. The molecule has 0 N–H and O–H groups in total. The van der Waals surface area contributed by atoms with Crippen LogP contribution in [0.3, 0.4) is 0 Å². The number of ketones is 1. The molecule has 5 heteroatoms. The average Bonchev–Trinajstić information content (AvgIpc) is 3.00. The van der Waals surface area contributed by atoms with Crippen LogP contribution in [0.5, 0.6) is 11.5 Å². The summed E-state index contributed by atoms with van der Waals surface area (Å²) in [7, 11) is 0. The number of ether oxygens (including phenoxy) is 2. The van der Waals surface area contributed by atoms with Gasteiger partial charge in [-0.25, -0.2) is 8.96 Å². The smallest absolute Gasteiger partial charge is 0.231 e. The Hall–Kier alpha value is -3.47. The average molecular weight is 376 g/mol. The molecule has 3 aromatic rings. The first-order valence-corrected chi connectivity index (χ1v) is 9.07. The van der Waals surface area contributed by atoms with Gasteiger partial charge in [0.25, 0.3) is 0 Å². The molecule has 0 saturated carbocycles. The third-order valence-electron chi connectivity index (χ3n) is 4.48. The molecule has 0 radical (unpaired) electrons. The van der Waals surface area contributed by atoms with Gasteiger partial charge in [-0.1, -0.05) is 12.1 Å². The maximum Gasteiger partial charge on any atom is 0.231 e. The molecule has 0 fully saturated rings. The van der Waals surface area contributed by atoms with Gasteiger partial charge in [-0.15, -0.1) is 0 Å². The summed E-state index contributed by atoms with van der Waals surface area (Å²) in [6, 6.07) is 15.6. The van der Waals surface area contributed by atoms with Crippen molar-refractivity contribution in [2.24, 2.45) is 0 Å². The summed E-state index contributed by atoms with van der Waals surface area (Å²) >= 11 is 0. The van der Waals surface area contributed by atoms with Gasteiger partial charge in [-0.2, -0.15) is 0 Å². The summed E-state index contributed by atoms with van der Waals surface area (Å²) < 4.78 is 26.8. The molecule has 0 bridgehead atoms. The van der Waals surface area contributed by atoms with E-state index in [0.717, 1.165) is 5.56 Å². The fraction of sp³-hybridized carbons (Fsp3) is 0.130. The van der Waals surface area contributed by atoms with Crippen molar-refractivity contribution < 1.29 is 23.2 Å². The molecule has 4 rings (SSSR count). The van der Waals surface area contributed by atoms with E-state index in [1.807, 2.05) is 42.1 Å². The minimum absolute atomic E-state index is 0.152. The second kappa shape index (κ2) is 7.64. The molecule has 1 aliphatic rings. The maximum absolute atomic E-state index is 13.8. The summed E-state index contributed by atoms with van der Waals surface area (Å²) in [6.07, 6.45) is 5.40. The Morgan fingerprint density at radius 1 is 1.11 bits per heavy atom. The van der Waals surface area contributed by atoms with Crippen LogP contribution >= 0.6 is 0 Å². The number of rotatable bonds is 5. The monoisotopic (exact) mass is 376 g/mol. The molecule has 1 aromatic heterocycles. The van der Waals surface area contributed by atoms with Crippen LogP contribution < -0.4 is 14.0 Å². The zero-order valence-corrected chi connectivity index (χ0v) is 15.4. The highest BCUT2D eigenvalue weighted by Gasteiger charge is 2.27. The van der Waals surface area contributed by atoms with Gasteiger partial charge in [-0.05, 0) is 42.8 Å². The van der Waals surface area contributed by atoms with Crippen molar-refractivity contribution in [3.8, 4) is 11.5 Å². The standard InChI is InChI=1S/C23H19FNO3/c1-2-27-18-7-8-19-21(14-18)28-22(23(19)26)13-16-9-11-25(12-10-16)15-17-5-3-4-6-20(17)24/h3-14H,2,15H2,1H3/q+1/b22-13-. The fourth-order valence-corrected chi connectivity index (χ4v) is 3.07. The number of carbonyl (C=O) groups is 1. The third kappa shape index (κ3) is 3.64. The first kappa shape index (κ1) is 17.9. The van der Waals surface area contributed by atoms with Gasteiger partial charge in [0.1, 0.15) is 17.3 Å². The van der Waals surface area contributed by atoms with Crippen LogP contribution in [0.4, 0.5) is 4.39 Å². The topological polar surface area (TPSA) is 39.4 Å². The van der Waals surface area contributed by atoms with Gasteiger partial charge in [-0.3, -0.25) is 4.79 Å². The van der Waals surface area contributed by atoms with E-state index in [-0.39, 0.29) is 17.4 Å². The van der Waals surface area contributed by atoms with Crippen LogP contribution in [0, 0.1) is 5.82 Å². The predicted octanol–water partition coefficient (Wildman–Crippen LogP) is 4.18. The zero-order valence-electron chi connectivity index (χ0n) is 15.4. The molecular weight excluding hydrogens is 357 g/mol. The summed E-state index contributed by atoms with van der Waals surface area (Å²) in [4.78, 5) is 12.5. The van der Waals surface area contributed by atoms with Crippen molar-refractivity contribution in [3.05, 3.63) is 95.3 Å². The van der Waals surface area contributed by atoms with Crippen LogP contribution in [0.1, 0.15) is 28.4 Å². The Labute approximate surface area is 162 Å². The number of aromatic nitrogens is 1. The lowest BCUT2D eigenvalue weighted by Gasteiger charge is -2.03. The van der Waals surface area contributed by atoms with E-state index in [2.05, 4.69) is 0 Å². The normalized spacial score (nSPS) is 14.1. The zero-order chi connectivity index (χ0) is 19.5. The molecule has 2 heterocycles. The lowest BCUT2D eigenvalue weighted by atomic mass is 10.1. The Morgan fingerprint density at radius 3 is 2.64 bits per heavy atom. The van der Waals surface area contributed by atoms with Crippen LogP contribution in [-0.4, -0.2) is 12.4 Å². The third-order valence-corrected chi connectivity index (χ3v) is 4.48. The highest BCUT2D eigenvalue weighted by atomic mass is 19.1. The number of pyridine rings is 1. The van der Waals surface area contributed by atoms with Crippen molar-refractivity contribution in [2.75, 3.05) is 6.61 Å². The molecule has 28 heavy (non-hydrogen) atoms. The molecule has 0 amide bonds. The van der Waals surface area contributed by atoms with E-state index in [1.54, 1.807) is 36.4 Å². The fourth-order valence-electron chi connectivity index (χ4n) is 3.07. The Bertz CT molecular complexity index is 1060. The van der Waals surface area contributed by atoms with Crippen LogP contribution in [0.25, 0.3) is 6.08 Å². The molecule has 0 atom stereocenters. The van der Waals surface area contributed by atoms with Crippen molar-refractivity contribution in [3.63, 3.8) is 0 Å². The Kier molecular flexibility index (Phi) is 4.89. The van der Waals surface area contributed by atoms with Crippen LogP contribution in [0.2, 0.25) is 0 Å². The van der Waals surface area contributed by atoms with Gasteiger partial charge in [0.05, 0.1) is 17.7 Å². The highest BCUT2D eigenvalue weighted by molar-refractivity contribution is 6.14. The molecule has 0 aliphatic carbocycles. The van der Waals surface area contributed by atoms with E-state index in [9.17, 15) is 9.18 Å². The number of allylic oxidation sites excluding steroid dienone is 1. The number of hydrogen-bond acceptors (Lipinski definition) is 3. The molecule has 140 valence electrons. The number of halogens is 1. The van der Waals surface area contributed by atoms with Crippen molar-refractivity contribution in [2.45, 2.75) is 13.5 Å². The second-order valence-electron chi connectivity index (χ2n) is 6.43. The first-order valence-electron chi connectivity index (χ1n) is 9.07. The minimum Gasteiger partial charge on any atom is -0.494 e. The van der Waals surface area contributed by atoms with Gasteiger partial charge >= 0.3 is 0 Å². The maximum atomic E-state index is 13.8. The van der Waals surface area contributed by atoms with Crippen LogP contribution in [-0.2, 0) is 6.54 Å². The van der Waals surface area contributed by atoms with Gasteiger partial charge < -0.3 is 9.47 Å². The van der Waals surface area contributed by atoms with E-state index >= 15 is 0 Å². The lowest BCUT2D eigenvalue weighted by Crippen LogP contribution is -2.33. The molecule has 0 spiro atoms. The van der Waals surface area contributed by atoms with Crippen molar-refractivity contribution in [1.82, 2.24) is 0 Å². The number of Topliss-reactive ketones (excluding diaryl/α,β-unsaturated/α-hetero) is 1. The SMILES string of the molecule is CCOc1ccc2c(c1)O/C(=C\c1cc[n+](Cc3ccccc3F)cc1)C2=O. The minimum atomic E-state index is -0.227. The molecule has 2 aromatic carbocycles. The van der Waals surface area contributed by atoms with E-state index in [1.165, 1.54) is 6.07 Å². The van der Waals surface area contributed by atoms with E-state index in [0.29, 0.717) is 35.8 Å². The van der Waals surface area contributed by atoms with E-state index in [4.69, 9.17) is 9.47 Å². The molecule has 0 saturated heterocycles.